The minimum atomic E-state index is -1.76. The average Bonchev–Trinajstić information content (AvgIpc) is 3.08. The Bertz CT molecular complexity index is 1550. The molecule has 1 aliphatic rings. The third-order valence-electron chi connectivity index (χ3n) is 8.58. The fourth-order valence-electron chi connectivity index (χ4n) is 5.74. The van der Waals surface area contributed by atoms with Gasteiger partial charge in [0.1, 0.15) is 18.7 Å². The second-order valence-electron chi connectivity index (χ2n) is 13.0. The van der Waals surface area contributed by atoms with Crippen LogP contribution in [0.25, 0.3) is 16.8 Å². The van der Waals surface area contributed by atoms with Gasteiger partial charge in [0.2, 0.25) is 3.79 Å². The number of ether oxygens (including phenoxy) is 2. The zero-order chi connectivity index (χ0) is 37.2. The Morgan fingerprint density at radius 2 is 1.86 bits per heavy atom. The van der Waals surface area contributed by atoms with Crippen LogP contribution in [0.1, 0.15) is 77.6 Å². The van der Waals surface area contributed by atoms with E-state index in [-0.39, 0.29) is 17.9 Å². The number of esters is 2. The Morgan fingerprint density at radius 1 is 1.14 bits per heavy atom. The van der Waals surface area contributed by atoms with E-state index >= 15 is 0 Å². The number of hydrazine groups is 1. The van der Waals surface area contributed by atoms with E-state index < -0.39 is 58.3 Å². The van der Waals surface area contributed by atoms with Crippen molar-refractivity contribution in [2.75, 3.05) is 13.2 Å². The number of carbonyl (C=O) groups is 4. The molecule has 11 nitrogen and oxygen atoms in total. The number of nitrogens with one attached hydrogen (secondary N) is 2. The third-order valence-corrected chi connectivity index (χ3v) is 8.90. The number of hydrogen-bond donors (Lipinski definition) is 3. The van der Waals surface area contributed by atoms with Crippen molar-refractivity contribution in [3.63, 3.8) is 0 Å². The van der Waals surface area contributed by atoms with Gasteiger partial charge in [-0.3, -0.25) is 29.2 Å². The Balaban J connectivity index is 1.65. The number of hydrogen-bond acceptors (Lipinski definition) is 9. The Labute approximate surface area is 309 Å². The number of halogens is 3. The zero-order valence-corrected chi connectivity index (χ0v) is 31.4. The van der Waals surface area contributed by atoms with Crippen LogP contribution in [0.5, 0.6) is 0 Å². The first-order chi connectivity index (χ1) is 23.5. The van der Waals surface area contributed by atoms with Gasteiger partial charge in [0.05, 0.1) is 11.6 Å². The lowest BCUT2D eigenvalue weighted by atomic mass is 9.86. The van der Waals surface area contributed by atoms with Crippen LogP contribution < -0.4 is 16.5 Å². The molecule has 0 aliphatic carbocycles. The summed E-state index contributed by atoms with van der Waals surface area (Å²) in [4.78, 5) is 57.2. The molecular weight excluding hydrogens is 705 g/mol. The highest BCUT2D eigenvalue weighted by molar-refractivity contribution is 6.67. The van der Waals surface area contributed by atoms with E-state index in [9.17, 15) is 19.2 Å². The molecular formula is C36H48Cl3N5O6. The number of carbonyl (C=O) groups excluding carboxylic acids is 4. The summed E-state index contributed by atoms with van der Waals surface area (Å²) in [5.74, 6) is -3.43. The molecule has 2 aromatic rings. The summed E-state index contributed by atoms with van der Waals surface area (Å²) in [6.45, 7) is 12.5. The molecule has 6 atom stereocenters. The van der Waals surface area contributed by atoms with Crippen molar-refractivity contribution in [3.8, 4) is 0 Å². The van der Waals surface area contributed by atoms with Crippen molar-refractivity contribution in [1.82, 2.24) is 20.7 Å². The molecule has 1 aliphatic heterocycles. The van der Waals surface area contributed by atoms with Crippen molar-refractivity contribution in [2.24, 2.45) is 23.5 Å². The molecule has 0 spiro atoms. The molecule has 1 saturated heterocycles. The Kier molecular flexibility index (Phi) is 15.5. The second kappa shape index (κ2) is 18.9. The zero-order valence-electron chi connectivity index (χ0n) is 29.2. The maximum atomic E-state index is 13.7. The molecule has 1 aromatic heterocycles. The van der Waals surface area contributed by atoms with Gasteiger partial charge in [-0.05, 0) is 80.5 Å². The predicted molar refractivity (Wildman–Crippen MR) is 197 cm³/mol. The number of allylic oxidation sites excluding steroid dienone is 2. The van der Waals surface area contributed by atoms with Crippen molar-refractivity contribution in [1.29, 1.82) is 0 Å². The fraction of sp³-hybridized carbons (Fsp3) is 0.528. The van der Waals surface area contributed by atoms with Crippen molar-refractivity contribution in [2.45, 2.75) is 88.3 Å². The van der Waals surface area contributed by atoms with Gasteiger partial charge in [-0.15, -0.1) is 0 Å². The predicted octanol–water partition coefficient (Wildman–Crippen LogP) is 5.97. The lowest BCUT2D eigenvalue weighted by Crippen LogP contribution is -2.60. The molecule has 2 heterocycles. The summed E-state index contributed by atoms with van der Waals surface area (Å²) >= 11 is 17.0. The molecule has 14 heteroatoms. The summed E-state index contributed by atoms with van der Waals surface area (Å²) in [5.41, 5.74) is 11.2. The Morgan fingerprint density at radius 3 is 2.50 bits per heavy atom. The smallest absolute Gasteiger partial charge is 0.325 e. The van der Waals surface area contributed by atoms with Crippen LogP contribution in [-0.2, 0) is 28.7 Å². The molecule has 3 rings (SSSR count). The molecule has 274 valence electrons. The summed E-state index contributed by atoms with van der Waals surface area (Å²) in [7, 11) is 0. The van der Waals surface area contributed by atoms with Crippen LogP contribution in [0, 0.1) is 17.8 Å². The van der Waals surface area contributed by atoms with Crippen molar-refractivity contribution in [3.05, 3.63) is 60.5 Å². The number of benzene rings is 1. The van der Waals surface area contributed by atoms with E-state index in [2.05, 4.69) is 22.3 Å². The molecule has 1 fully saturated rings. The highest BCUT2D eigenvalue weighted by atomic mass is 35.6. The minimum Gasteiger partial charge on any atom is -0.460 e. The lowest BCUT2D eigenvalue weighted by molar-refractivity contribution is -0.164. The summed E-state index contributed by atoms with van der Waals surface area (Å²) < 4.78 is 9.16. The van der Waals surface area contributed by atoms with E-state index in [4.69, 9.17) is 50.0 Å². The maximum Gasteiger partial charge on any atom is 0.325 e. The van der Waals surface area contributed by atoms with Crippen LogP contribution in [0.4, 0.5) is 0 Å². The van der Waals surface area contributed by atoms with E-state index in [1.807, 2.05) is 50.3 Å². The van der Waals surface area contributed by atoms with Crippen LogP contribution in [0.15, 0.2) is 49.2 Å². The van der Waals surface area contributed by atoms with E-state index in [1.54, 1.807) is 26.1 Å². The molecule has 1 aromatic carbocycles. The largest absolute Gasteiger partial charge is 0.460 e. The lowest BCUT2D eigenvalue weighted by Gasteiger charge is -2.34. The number of rotatable bonds is 15. The summed E-state index contributed by atoms with van der Waals surface area (Å²) in [6.07, 6.45) is 7.96. The summed E-state index contributed by atoms with van der Waals surface area (Å²) in [5, 5.41) is 5.92. The van der Waals surface area contributed by atoms with Crippen LogP contribution in [0.3, 0.4) is 0 Å². The van der Waals surface area contributed by atoms with Gasteiger partial charge >= 0.3 is 11.9 Å². The topological polar surface area (TPSA) is 153 Å². The molecule has 0 bridgehead atoms. The van der Waals surface area contributed by atoms with Crippen LogP contribution in [0.2, 0.25) is 0 Å². The number of alkyl halides is 3. The average molecular weight is 753 g/mol. The van der Waals surface area contributed by atoms with Gasteiger partial charge in [0.15, 0.2) is 6.10 Å². The van der Waals surface area contributed by atoms with E-state index in [1.165, 1.54) is 11.9 Å². The molecule has 4 N–H and O–H groups in total. The number of fused-ring (bicyclic) bond motifs is 1. The van der Waals surface area contributed by atoms with E-state index in [0.29, 0.717) is 32.2 Å². The molecule has 2 amide bonds. The molecule has 2 unspecified atom stereocenters. The highest BCUT2D eigenvalue weighted by Gasteiger charge is 2.36. The standard InChI is InChI=1S/C36H48Cl3N5O6/c1-7-10-22(5)28(14-15-29(40)24-12-13-25-19-41-27(8-2)18-26(25)17-24)34(47)50-31(21(3)4)32(45)42-23(6)33(46)44-16-9-11-30(43-44)35(48)49-20-36(37,38)39/h7-8,10,12-13,17-19,21-23,28-31,43H,2,9,11,14-16,20,40H2,1,3-6H3,(H,42,45)/b10-7+/t22?,23-,28?,29+,30-,31-/m0/s1. The van der Waals surface area contributed by atoms with Gasteiger partial charge in [-0.25, -0.2) is 5.43 Å². The number of pyridine rings is 1. The SMILES string of the molecule is C=Cc1cc2cc([C@H](N)CCC(C(=O)O[C@H](C(=O)N[C@@H](C)C(=O)N3CCC[C@@H](C(=O)OCC(Cl)(Cl)Cl)N3)C(C)C)C(C)/C=C/C)ccc2cn1. The summed E-state index contributed by atoms with van der Waals surface area (Å²) in [6, 6.07) is 5.73. The third kappa shape index (κ3) is 11.9. The molecule has 0 saturated carbocycles. The van der Waals surface area contributed by atoms with Gasteiger partial charge in [0, 0.05) is 24.2 Å². The quantitative estimate of drug-likeness (QED) is 0.114. The number of nitrogens with two attached hydrogens (primary N) is 1. The van der Waals surface area contributed by atoms with Crippen molar-refractivity contribution < 1.29 is 28.7 Å². The normalized spacial score (nSPS) is 18.3. The van der Waals surface area contributed by atoms with Gasteiger partial charge < -0.3 is 20.5 Å². The number of amides is 2. The van der Waals surface area contributed by atoms with Crippen LogP contribution in [-0.4, -0.2) is 68.9 Å². The first kappa shape index (κ1) is 41.2. The van der Waals surface area contributed by atoms with E-state index in [0.717, 1.165) is 22.0 Å². The first-order valence-electron chi connectivity index (χ1n) is 16.8. The van der Waals surface area contributed by atoms with Gasteiger partial charge in [-0.2, -0.15) is 0 Å². The highest BCUT2D eigenvalue weighted by Crippen LogP contribution is 2.29. The van der Waals surface area contributed by atoms with Crippen LogP contribution >= 0.6 is 34.8 Å². The fourth-order valence-corrected chi connectivity index (χ4v) is 5.91. The Hall–Kier alpha value is -3.22. The second-order valence-corrected chi connectivity index (χ2v) is 15.5. The number of aromatic nitrogens is 1. The first-order valence-corrected chi connectivity index (χ1v) is 17.9. The van der Waals surface area contributed by atoms with Crippen molar-refractivity contribution >= 4 is 75.4 Å². The monoisotopic (exact) mass is 751 g/mol. The molecule has 50 heavy (non-hydrogen) atoms. The minimum absolute atomic E-state index is 0.187. The van der Waals surface area contributed by atoms with Gasteiger partial charge in [0.25, 0.3) is 11.8 Å². The van der Waals surface area contributed by atoms with Gasteiger partial charge in [-0.1, -0.05) is 86.4 Å². The number of nitrogens with zero attached hydrogens (tertiary/aromatic N) is 2. The molecule has 0 radical (unpaired) electrons. The maximum absolute atomic E-state index is 13.7.